The second-order valence-corrected chi connectivity index (χ2v) is 3.07. The molecule has 0 bridgehead atoms. The summed E-state index contributed by atoms with van der Waals surface area (Å²) in [6.07, 6.45) is 5.27. The van der Waals surface area contributed by atoms with Crippen molar-refractivity contribution >= 4 is 0 Å². The van der Waals surface area contributed by atoms with Crippen LogP contribution in [-0.2, 0) is 0 Å². The lowest BCUT2D eigenvalue weighted by Crippen LogP contribution is -2.28. The molecule has 0 aromatic carbocycles. The van der Waals surface area contributed by atoms with Gasteiger partial charge in [0, 0.05) is 6.67 Å². The molecule has 0 aromatic heterocycles. The minimum absolute atomic E-state index is 0.614. The first-order valence-electron chi connectivity index (χ1n) is 4.75. The topological polar surface area (TPSA) is 38.0 Å². The Labute approximate surface area is 70.5 Å². The van der Waals surface area contributed by atoms with Gasteiger partial charge in [0.25, 0.3) is 0 Å². The summed E-state index contributed by atoms with van der Waals surface area (Å²) in [7, 11) is 0. The van der Waals surface area contributed by atoms with Crippen molar-refractivity contribution in [3.63, 3.8) is 0 Å². The first-order valence-corrected chi connectivity index (χ1v) is 4.75. The van der Waals surface area contributed by atoms with Crippen molar-refractivity contribution in [2.45, 2.75) is 39.5 Å². The zero-order valence-corrected chi connectivity index (χ0v) is 7.90. The predicted octanol–water partition coefficient (Wildman–Crippen LogP) is 1.71. The van der Waals surface area contributed by atoms with Crippen LogP contribution in [0.25, 0.3) is 0 Å². The highest BCUT2D eigenvalue weighted by molar-refractivity contribution is 4.59. The van der Waals surface area contributed by atoms with Crippen molar-refractivity contribution < 1.29 is 0 Å². The van der Waals surface area contributed by atoms with Crippen molar-refractivity contribution in [1.29, 1.82) is 0 Å². The molecule has 0 heterocycles. The average molecular weight is 158 g/mol. The lowest BCUT2D eigenvalue weighted by Gasteiger charge is -2.13. The quantitative estimate of drug-likeness (QED) is 0.553. The Morgan fingerprint density at radius 1 is 1.36 bits per heavy atom. The fourth-order valence-electron chi connectivity index (χ4n) is 1.23. The standard InChI is InChI=1S/C9H22N2/c1-3-5-6-9(4-2)7-11-8-10/h9,11H,3-8,10H2,1-2H3. The Balaban J connectivity index is 3.25. The zero-order valence-electron chi connectivity index (χ0n) is 7.90. The van der Waals surface area contributed by atoms with Crippen LogP contribution >= 0.6 is 0 Å². The van der Waals surface area contributed by atoms with Gasteiger partial charge in [-0.2, -0.15) is 0 Å². The van der Waals surface area contributed by atoms with Crippen LogP contribution in [0.2, 0.25) is 0 Å². The Hall–Kier alpha value is -0.0800. The second kappa shape index (κ2) is 8.02. The van der Waals surface area contributed by atoms with Crippen LogP contribution in [0.1, 0.15) is 39.5 Å². The molecular weight excluding hydrogens is 136 g/mol. The average Bonchev–Trinajstić information content (AvgIpc) is 2.05. The Morgan fingerprint density at radius 3 is 2.55 bits per heavy atom. The summed E-state index contributed by atoms with van der Waals surface area (Å²) in [6.45, 7) is 6.19. The highest BCUT2D eigenvalue weighted by Gasteiger charge is 2.03. The molecule has 0 saturated heterocycles. The summed E-state index contributed by atoms with van der Waals surface area (Å²) in [4.78, 5) is 0. The second-order valence-electron chi connectivity index (χ2n) is 3.07. The van der Waals surface area contributed by atoms with Crippen LogP contribution in [-0.4, -0.2) is 13.2 Å². The van der Waals surface area contributed by atoms with E-state index in [1.54, 1.807) is 0 Å². The molecule has 0 aromatic rings. The Bertz CT molecular complexity index is 66.0. The van der Waals surface area contributed by atoms with E-state index in [0.717, 1.165) is 12.5 Å². The van der Waals surface area contributed by atoms with Crippen molar-refractivity contribution in [3.8, 4) is 0 Å². The molecule has 0 saturated carbocycles. The molecule has 2 heteroatoms. The SMILES string of the molecule is CCCCC(CC)CNCN. The monoisotopic (exact) mass is 158 g/mol. The molecule has 0 radical (unpaired) electrons. The van der Waals surface area contributed by atoms with E-state index >= 15 is 0 Å². The first-order chi connectivity index (χ1) is 5.35. The third kappa shape index (κ3) is 6.32. The smallest absolute Gasteiger partial charge is 0.0428 e. The summed E-state index contributed by atoms with van der Waals surface area (Å²) >= 11 is 0. The van der Waals surface area contributed by atoms with Crippen molar-refractivity contribution in [3.05, 3.63) is 0 Å². The Kier molecular flexibility index (Phi) is 7.96. The van der Waals surface area contributed by atoms with E-state index in [0.29, 0.717) is 6.67 Å². The molecule has 0 aliphatic carbocycles. The highest BCUT2D eigenvalue weighted by Crippen LogP contribution is 2.10. The molecule has 0 fully saturated rings. The number of unbranched alkanes of at least 4 members (excludes halogenated alkanes) is 1. The maximum atomic E-state index is 5.35. The molecule has 3 N–H and O–H groups in total. The number of rotatable bonds is 7. The van der Waals surface area contributed by atoms with Gasteiger partial charge >= 0.3 is 0 Å². The lowest BCUT2D eigenvalue weighted by molar-refractivity contribution is 0.423. The van der Waals surface area contributed by atoms with Gasteiger partial charge in [-0.05, 0) is 18.9 Å². The van der Waals surface area contributed by atoms with E-state index in [9.17, 15) is 0 Å². The van der Waals surface area contributed by atoms with E-state index in [4.69, 9.17) is 5.73 Å². The van der Waals surface area contributed by atoms with E-state index < -0.39 is 0 Å². The number of nitrogens with one attached hydrogen (secondary N) is 1. The van der Waals surface area contributed by atoms with Crippen LogP contribution in [0, 0.1) is 5.92 Å². The molecule has 1 unspecified atom stereocenters. The molecule has 2 nitrogen and oxygen atoms in total. The van der Waals surface area contributed by atoms with Gasteiger partial charge in [-0.1, -0.05) is 33.1 Å². The van der Waals surface area contributed by atoms with E-state index in [2.05, 4.69) is 19.2 Å². The predicted molar refractivity (Wildman–Crippen MR) is 50.4 cm³/mol. The van der Waals surface area contributed by atoms with E-state index in [1.165, 1.54) is 25.7 Å². The largest absolute Gasteiger partial charge is 0.318 e. The zero-order chi connectivity index (χ0) is 8.53. The molecule has 0 aliphatic rings. The van der Waals surface area contributed by atoms with Crippen LogP contribution in [0.15, 0.2) is 0 Å². The third-order valence-electron chi connectivity index (χ3n) is 2.12. The molecular formula is C9H22N2. The molecule has 0 aliphatic heterocycles. The molecule has 0 amide bonds. The van der Waals surface area contributed by atoms with Gasteiger partial charge in [0.2, 0.25) is 0 Å². The summed E-state index contributed by atoms with van der Waals surface area (Å²) in [5, 5.41) is 3.19. The minimum atomic E-state index is 0.614. The number of nitrogens with two attached hydrogens (primary N) is 1. The van der Waals surface area contributed by atoms with Gasteiger partial charge in [-0.25, -0.2) is 0 Å². The van der Waals surface area contributed by atoms with Gasteiger partial charge in [0.15, 0.2) is 0 Å². The minimum Gasteiger partial charge on any atom is -0.318 e. The van der Waals surface area contributed by atoms with E-state index in [1.807, 2.05) is 0 Å². The first kappa shape index (κ1) is 10.9. The Morgan fingerprint density at radius 2 is 2.09 bits per heavy atom. The van der Waals surface area contributed by atoms with Crippen LogP contribution in [0.4, 0.5) is 0 Å². The fourth-order valence-corrected chi connectivity index (χ4v) is 1.23. The van der Waals surface area contributed by atoms with Crippen LogP contribution in [0.5, 0.6) is 0 Å². The van der Waals surface area contributed by atoms with E-state index in [-0.39, 0.29) is 0 Å². The highest BCUT2D eigenvalue weighted by atomic mass is 14.9. The molecule has 0 rings (SSSR count). The van der Waals surface area contributed by atoms with Crippen molar-refractivity contribution in [2.75, 3.05) is 13.2 Å². The molecule has 11 heavy (non-hydrogen) atoms. The number of hydrogen-bond donors (Lipinski definition) is 2. The van der Waals surface area contributed by atoms with Gasteiger partial charge in [-0.15, -0.1) is 0 Å². The summed E-state index contributed by atoms with van der Waals surface area (Å²) in [6, 6.07) is 0. The van der Waals surface area contributed by atoms with Gasteiger partial charge in [0.1, 0.15) is 0 Å². The summed E-state index contributed by atoms with van der Waals surface area (Å²) in [5.41, 5.74) is 5.35. The molecule has 1 atom stereocenters. The normalized spacial score (nSPS) is 13.4. The summed E-state index contributed by atoms with van der Waals surface area (Å²) in [5.74, 6) is 0.832. The maximum Gasteiger partial charge on any atom is 0.0428 e. The molecule has 68 valence electrons. The van der Waals surface area contributed by atoms with Gasteiger partial charge < -0.3 is 11.1 Å². The van der Waals surface area contributed by atoms with Crippen molar-refractivity contribution in [2.24, 2.45) is 11.7 Å². The van der Waals surface area contributed by atoms with Gasteiger partial charge in [0.05, 0.1) is 0 Å². The molecule has 0 spiro atoms. The van der Waals surface area contributed by atoms with Crippen LogP contribution < -0.4 is 11.1 Å². The third-order valence-corrected chi connectivity index (χ3v) is 2.12. The van der Waals surface area contributed by atoms with Crippen molar-refractivity contribution in [1.82, 2.24) is 5.32 Å². The van der Waals surface area contributed by atoms with Crippen LogP contribution in [0.3, 0.4) is 0 Å². The maximum absolute atomic E-state index is 5.35. The van der Waals surface area contributed by atoms with Gasteiger partial charge in [-0.3, -0.25) is 0 Å². The lowest BCUT2D eigenvalue weighted by atomic mass is 10.00. The number of hydrogen-bond acceptors (Lipinski definition) is 2. The summed E-state index contributed by atoms with van der Waals surface area (Å²) < 4.78 is 0. The fraction of sp³-hybridized carbons (Fsp3) is 1.00.